The van der Waals surface area contributed by atoms with Crippen molar-refractivity contribution >= 4 is 17.6 Å². The monoisotopic (exact) mass is 304 g/mol. The number of thioether (sulfide) groups is 1. The first kappa shape index (κ1) is 15.2. The second-order valence-electron chi connectivity index (χ2n) is 4.56. The molecule has 2 rings (SSSR count). The average molecular weight is 304 g/mol. The van der Waals surface area contributed by atoms with Gasteiger partial charge in [-0.05, 0) is 31.0 Å². The van der Waals surface area contributed by atoms with E-state index in [4.69, 9.17) is 15.9 Å². The maximum absolute atomic E-state index is 12.9. The summed E-state index contributed by atoms with van der Waals surface area (Å²) in [6.07, 6.45) is -2.45. The molecular formula is C13H15F3N2OS. The first-order valence-electron chi connectivity index (χ1n) is 6.18. The van der Waals surface area contributed by atoms with Gasteiger partial charge in [-0.2, -0.15) is 13.2 Å². The zero-order chi connectivity index (χ0) is 14.8. The van der Waals surface area contributed by atoms with Crippen LogP contribution in [0.25, 0.3) is 0 Å². The van der Waals surface area contributed by atoms with Crippen LogP contribution in [-0.4, -0.2) is 24.3 Å². The number of halogens is 3. The zero-order valence-corrected chi connectivity index (χ0v) is 11.5. The normalized spacial score (nSPS) is 19.2. The molecule has 1 unspecified atom stereocenters. The molecule has 1 aliphatic rings. The molecule has 1 saturated heterocycles. The second kappa shape index (κ2) is 6.05. The minimum atomic E-state index is -4.51. The van der Waals surface area contributed by atoms with Gasteiger partial charge in [0.25, 0.3) is 0 Å². The molecule has 3 nitrogen and oxygen atoms in total. The number of hydrogen-bond acceptors (Lipinski definition) is 3. The number of alkyl halides is 3. The summed E-state index contributed by atoms with van der Waals surface area (Å²) in [5.74, 6) is 0.0597. The summed E-state index contributed by atoms with van der Waals surface area (Å²) in [6, 6.07) is 3.87. The van der Waals surface area contributed by atoms with Gasteiger partial charge in [-0.3, -0.25) is 5.41 Å². The van der Waals surface area contributed by atoms with Gasteiger partial charge in [0.1, 0.15) is 5.84 Å². The van der Waals surface area contributed by atoms with Crippen molar-refractivity contribution in [2.24, 2.45) is 5.73 Å². The Kier molecular flexibility index (Phi) is 4.59. The average Bonchev–Trinajstić information content (AvgIpc) is 2.88. The van der Waals surface area contributed by atoms with Gasteiger partial charge in [0.2, 0.25) is 0 Å². The third-order valence-electron chi connectivity index (χ3n) is 3.05. The SMILES string of the molecule is N=C(N)c1ccc(SCC2CCCO2)cc1C(F)(F)F. The lowest BCUT2D eigenvalue weighted by molar-refractivity contribution is -0.137. The zero-order valence-electron chi connectivity index (χ0n) is 10.7. The molecule has 110 valence electrons. The van der Waals surface area contributed by atoms with Crippen LogP contribution in [0.4, 0.5) is 13.2 Å². The fourth-order valence-corrected chi connectivity index (χ4v) is 3.05. The molecule has 0 spiro atoms. The van der Waals surface area contributed by atoms with Gasteiger partial charge in [0, 0.05) is 22.8 Å². The van der Waals surface area contributed by atoms with E-state index in [9.17, 15) is 13.2 Å². The Morgan fingerprint density at radius 2 is 2.20 bits per heavy atom. The lowest BCUT2D eigenvalue weighted by atomic mass is 10.1. The Hall–Kier alpha value is -1.21. The van der Waals surface area contributed by atoms with Crippen molar-refractivity contribution in [3.8, 4) is 0 Å². The van der Waals surface area contributed by atoms with Gasteiger partial charge in [-0.25, -0.2) is 0 Å². The standard InChI is InChI=1S/C13H15F3N2OS/c14-13(15,16)11-6-9(3-4-10(11)12(17)18)20-7-8-2-1-5-19-8/h3-4,6,8H,1-2,5,7H2,(H3,17,18). The number of amidine groups is 1. The van der Waals surface area contributed by atoms with E-state index in [1.165, 1.54) is 17.8 Å². The van der Waals surface area contributed by atoms with Crippen LogP contribution in [0.3, 0.4) is 0 Å². The Morgan fingerprint density at radius 3 is 2.75 bits per heavy atom. The summed E-state index contributed by atoms with van der Waals surface area (Å²) in [4.78, 5) is 0.512. The van der Waals surface area contributed by atoms with Crippen LogP contribution in [0.2, 0.25) is 0 Å². The molecule has 0 aliphatic carbocycles. The third kappa shape index (κ3) is 3.67. The molecule has 1 atom stereocenters. The summed E-state index contributed by atoms with van der Waals surface area (Å²) < 4.78 is 44.3. The molecule has 1 aromatic carbocycles. The molecule has 1 aliphatic heterocycles. The van der Waals surface area contributed by atoms with Gasteiger partial charge in [-0.15, -0.1) is 11.8 Å². The largest absolute Gasteiger partial charge is 0.417 e. The van der Waals surface area contributed by atoms with Gasteiger partial charge < -0.3 is 10.5 Å². The van der Waals surface area contributed by atoms with Crippen LogP contribution in [-0.2, 0) is 10.9 Å². The Morgan fingerprint density at radius 1 is 1.45 bits per heavy atom. The number of nitrogens with one attached hydrogen (secondary N) is 1. The van der Waals surface area contributed by atoms with Crippen molar-refractivity contribution < 1.29 is 17.9 Å². The fraction of sp³-hybridized carbons (Fsp3) is 0.462. The van der Waals surface area contributed by atoms with Gasteiger partial charge in [0.05, 0.1) is 11.7 Å². The molecule has 0 amide bonds. The van der Waals surface area contributed by atoms with Crippen molar-refractivity contribution in [2.45, 2.75) is 30.0 Å². The van der Waals surface area contributed by atoms with Crippen molar-refractivity contribution in [1.82, 2.24) is 0 Å². The Labute approximate surface area is 119 Å². The minimum absolute atomic E-state index is 0.113. The highest BCUT2D eigenvalue weighted by atomic mass is 32.2. The quantitative estimate of drug-likeness (QED) is 0.510. The molecule has 0 aromatic heterocycles. The predicted molar refractivity (Wildman–Crippen MR) is 72.2 cm³/mol. The summed E-state index contributed by atoms with van der Waals surface area (Å²) >= 11 is 1.33. The smallest absolute Gasteiger partial charge is 0.384 e. The third-order valence-corrected chi connectivity index (χ3v) is 4.17. The molecule has 7 heteroatoms. The molecule has 0 bridgehead atoms. The highest BCUT2D eigenvalue weighted by Crippen LogP contribution is 2.35. The lowest BCUT2D eigenvalue weighted by Gasteiger charge is -2.14. The number of ether oxygens (including phenoxy) is 1. The minimum Gasteiger partial charge on any atom is -0.384 e. The molecule has 20 heavy (non-hydrogen) atoms. The molecule has 3 N–H and O–H groups in total. The summed E-state index contributed by atoms with van der Waals surface area (Å²) in [5, 5.41) is 7.22. The molecule has 1 heterocycles. The van der Waals surface area contributed by atoms with Crippen molar-refractivity contribution in [3.05, 3.63) is 29.3 Å². The van der Waals surface area contributed by atoms with Gasteiger partial charge >= 0.3 is 6.18 Å². The van der Waals surface area contributed by atoms with Gasteiger partial charge in [0.15, 0.2) is 0 Å². The molecule has 0 radical (unpaired) electrons. The van der Waals surface area contributed by atoms with E-state index in [-0.39, 0.29) is 11.7 Å². The van der Waals surface area contributed by atoms with E-state index in [2.05, 4.69) is 0 Å². The summed E-state index contributed by atoms with van der Waals surface area (Å²) in [5.41, 5.74) is 4.05. The fourth-order valence-electron chi connectivity index (χ4n) is 2.05. The number of nitrogens with two attached hydrogens (primary N) is 1. The van der Waals surface area contributed by atoms with Crippen LogP contribution >= 0.6 is 11.8 Å². The van der Waals surface area contributed by atoms with E-state index in [0.29, 0.717) is 10.6 Å². The lowest BCUT2D eigenvalue weighted by Crippen LogP contribution is -2.19. The van der Waals surface area contributed by atoms with Crippen LogP contribution in [0.1, 0.15) is 24.0 Å². The highest BCUT2D eigenvalue weighted by molar-refractivity contribution is 7.99. The van der Waals surface area contributed by atoms with E-state index in [1.807, 2.05) is 0 Å². The number of rotatable bonds is 4. The number of hydrogen-bond donors (Lipinski definition) is 2. The predicted octanol–water partition coefficient (Wildman–Crippen LogP) is 3.26. The first-order valence-corrected chi connectivity index (χ1v) is 7.16. The van der Waals surface area contributed by atoms with Crippen molar-refractivity contribution in [1.29, 1.82) is 5.41 Å². The number of nitrogen functional groups attached to an aromatic ring is 1. The van der Waals surface area contributed by atoms with Crippen LogP contribution < -0.4 is 5.73 Å². The summed E-state index contributed by atoms with van der Waals surface area (Å²) in [7, 11) is 0. The molecule has 0 saturated carbocycles. The van der Waals surface area contributed by atoms with E-state index < -0.39 is 17.6 Å². The van der Waals surface area contributed by atoms with E-state index >= 15 is 0 Å². The van der Waals surface area contributed by atoms with Crippen LogP contribution in [0, 0.1) is 5.41 Å². The summed E-state index contributed by atoms with van der Waals surface area (Å²) in [6.45, 7) is 0.725. The number of benzene rings is 1. The van der Waals surface area contributed by atoms with Crippen LogP contribution in [0.15, 0.2) is 23.1 Å². The molecule has 1 fully saturated rings. The van der Waals surface area contributed by atoms with Crippen LogP contribution in [0.5, 0.6) is 0 Å². The Bertz CT molecular complexity index is 499. The Balaban J connectivity index is 2.16. The first-order chi connectivity index (χ1) is 9.38. The maximum atomic E-state index is 12.9. The second-order valence-corrected chi connectivity index (χ2v) is 5.66. The molecule has 1 aromatic rings. The van der Waals surface area contributed by atoms with Gasteiger partial charge in [-0.1, -0.05) is 0 Å². The van der Waals surface area contributed by atoms with Crippen molar-refractivity contribution in [3.63, 3.8) is 0 Å². The topological polar surface area (TPSA) is 59.1 Å². The van der Waals surface area contributed by atoms with E-state index in [1.54, 1.807) is 6.07 Å². The molecular weight excluding hydrogens is 289 g/mol. The highest BCUT2D eigenvalue weighted by Gasteiger charge is 2.34. The maximum Gasteiger partial charge on any atom is 0.417 e. The van der Waals surface area contributed by atoms with E-state index in [0.717, 1.165) is 25.5 Å². The van der Waals surface area contributed by atoms with Crippen molar-refractivity contribution in [2.75, 3.05) is 12.4 Å².